The molecular formula is C17H11N5S. The third kappa shape index (κ3) is 2.80. The van der Waals surface area contributed by atoms with Gasteiger partial charge in [0.15, 0.2) is 11.0 Å². The molecule has 1 heterocycles. The van der Waals surface area contributed by atoms with E-state index in [0.29, 0.717) is 21.2 Å². The van der Waals surface area contributed by atoms with E-state index in [9.17, 15) is 10.5 Å². The van der Waals surface area contributed by atoms with Gasteiger partial charge in [0, 0.05) is 12.6 Å². The van der Waals surface area contributed by atoms with Gasteiger partial charge >= 0.3 is 0 Å². The van der Waals surface area contributed by atoms with Crippen molar-refractivity contribution in [3.63, 3.8) is 0 Å². The van der Waals surface area contributed by atoms with Gasteiger partial charge in [-0.05, 0) is 23.9 Å². The first-order valence-electron chi connectivity index (χ1n) is 6.80. The number of hydrogen-bond donors (Lipinski definition) is 0. The lowest BCUT2D eigenvalue weighted by Gasteiger charge is -2.06. The fraction of sp³-hybridized carbons (Fsp3) is 0.0588. The van der Waals surface area contributed by atoms with Crippen molar-refractivity contribution in [1.29, 1.82) is 10.5 Å². The Morgan fingerprint density at radius 3 is 2.17 bits per heavy atom. The van der Waals surface area contributed by atoms with Crippen LogP contribution in [0.1, 0.15) is 11.1 Å². The molecule has 0 spiro atoms. The highest BCUT2D eigenvalue weighted by molar-refractivity contribution is 7.99. The smallest absolute Gasteiger partial charge is 0.196 e. The van der Waals surface area contributed by atoms with Gasteiger partial charge in [0.25, 0.3) is 0 Å². The van der Waals surface area contributed by atoms with Gasteiger partial charge in [-0.2, -0.15) is 10.5 Å². The van der Waals surface area contributed by atoms with Crippen molar-refractivity contribution in [2.24, 2.45) is 7.05 Å². The first-order valence-corrected chi connectivity index (χ1v) is 7.62. The van der Waals surface area contributed by atoms with Crippen molar-refractivity contribution >= 4 is 11.8 Å². The Balaban J connectivity index is 2.02. The van der Waals surface area contributed by atoms with Crippen molar-refractivity contribution in [2.45, 2.75) is 10.1 Å². The Labute approximate surface area is 137 Å². The number of benzene rings is 2. The second kappa shape index (κ2) is 6.35. The Morgan fingerprint density at radius 2 is 1.57 bits per heavy atom. The van der Waals surface area contributed by atoms with Crippen molar-refractivity contribution < 1.29 is 0 Å². The number of hydrogen-bond acceptors (Lipinski definition) is 5. The highest BCUT2D eigenvalue weighted by atomic mass is 32.2. The van der Waals surface area contributed by atoms with Crippen LogP contribution in [0.4, 0.5) is 0 Å². The summed E-state index contributed by atoms with van der Waals surface area (Å²) in [5.41, 5.74) is 1.88. The van der Waals surface area contributed by atoms with Crippen LogP contribution in [0.5, 0.6) is 0 Å². The maximum absolute atomic E-state index is 9.25. The predicted octanol–water partition coefficient (Wildman–Crippen LogP) is 3.38. The summed E-state index contributed by atoms with van der Waals surface area (Å²) in [5, 5.41) is 27.5. The molecule has 2 aromatic carbocycles. The zero-order valence-electron chi connectivity index (χ0n) is 12.3. The zero-order chi connectivity index (χ0) is 16.2. The van der Waals surface area contributed by atoms with E-state index >= 15 is 0 Å². The van der Waals surface area contributed by atoms with Crippen LogP contribution in [0.25, 0.3) is 11.4 Å². The average molecular weight is 317 g/mol. The molecule has 0 unspecified atom stereocenters. The van der Waals surface area contributed by atoms with E-state index < -0.39 is 0 Å². The molecule has 0 saturated heterocycles. The third-order valence-corrected chi connectivity index (χ3v) is 4.50. The fourth-order valence-electron chi connectivity index (χ4n) is 2.16. The van der Waals surface area contributed by atoms with E-state index in [4.69, 9.17) is 0 Å². The fourth-order valence-corrected chi connectivity index (χ4v) is 3.09. The SMILES string of the molecule is Cn1c(Sc2c(C#N)cccc2C#N)nnc1-c1ccccc1. The summed E-state index contributed by atoms with van der Waals surface area (Å²) >= 11 is 1.28. The molecule has 0 aliphatic heterocycles. The summed E-state index contributed by atoms with van der Waals surface area (Å²) in [5.74, 6) is 0.737. The minimum Gasteiger partial charge on any atom is -0.305 e. The van der Waals surface area contributed by atoms with Crippen molar-refractivity contribution in [3.05, 3.63) is 59.7 Å². The molecule has 0 aliphatic carbocycles. The minimum absolute atomic E-state index is 0.457. The molecule has 0 radical (unpaired) electrons. The van der Waals surface area contributed by atoms with Crippen LogP contribution in [0, 0.1) is 22.7 Å². The van der Waals surface area contributed by atoms with E-state index in [-0.39, 0.29) is 0 Å². The second-order valence-electron chi connectivity index (χ2n) is 4.74. The lowest BCUT2D eigenvalue weighted by atomic mass is 10.1. The van der Waals surface area contributed by atoms with Gasteiger partial charge in [0.05, 0.1) is 16.0 Å². The maximum atomic E-state index is 9.25. The maximum Gasteiger partial charge on any atom is 0.196 e. The van der Waals surface area contributed by atoms with E-state index in [1.165, 1.54) is 11.8 Å². The molecule has 0 atom stereocenters. The molecule has 110 valence electrons. The van der Waals surface area contributed by atoms with Gasteiger partial charge in [-0.3, -0.25) is 0 Å². The molecule has 0 aliphatic rings. The largest absolute Gasteiger partial charge is 0.305 e. The first kappa shape index (κ1) is 14.8. The van der Waals surface area contributed by atoms with Crippen molar-refractivity contribution in [3.8, 4) is 23.5 Å². The van der Waals surface area contributed by atoms with Gasteiger partial charge in [-0.25, -0.2) is 0 Å². The summed E-state index contributed by atoms with van der Waals surface area (Å²) < 4.78 is 1.86. The van der Waals surface area contributed by atoms with Crippen molar-refractivity contribution in [2.75, 3.05) is 0 Å². The van der Waals surface area contributed by atoms with Crippen LogP contribution in [-0.2, 0) is 7.05 Å². The summed E-state index contributed by atoms with van der Waals surface area (Å²) in [6, 6.07) is 19.1. The number of rotatable bonds is 3. The molecule has 23 heavy (non-hydrogen) atoms. The van der Waals surface area contributed by atoms with E-state index in [1.54, 1.807) is 18.2 Å². The Kier molecular flexibility index (Phi) is 4.09. The number of nitriles is 2. The van der Waals surface area contributed by atoms with Gasteiger partial charge in [-0.15, -0.1) is 10.2 Å². The second-order valence-corrected chi connectivity index (χ2v) is 5.72. The Morgan fingerprint density at radius 1 is 0.913 bits per heavy atom. The van der Waals surface area contributed by atoms with Gasteiger partial charge in [0.2, 0.25) is 0 Å². The standard InChI is InChI=1S/C17H11N5S/c1-22-16(12-6-3-2-4-7-12)20-21-17(22)23-15-13(10-18)8-5-9-14(15)11-19/h2-9H,1H3. The molecule has 0 fully saturated rings. The number of nitrogens with zero attached hydrogens (tertiary/aromatic N) is 5. The van der Waals surface area contributed by atoms with Crippen LogP contribution in [0.3, 0.4) is 0 Å². The molecule has 0 bridgehead atoms. The Bertz CT molecular complexity index is 900. The molecule has 6 heteroatoms. The van der Waals surface area contributed by atoms with Crippen LogP contribution < -0.4 is 0 Å². The van der Waals surface area contributed by atoms with Crippen LogP contribution in [0.2, 0.25) is 0 Å². The van der Waals surface area contributed by atoms with E-state index in [1.807, 2.05) is 41.9 Å². The average Bonchev–Trinajstić information content (AvgIpc) is 2.96. The van der Waals surface area contributed by atoms with Crippen molar-refractivity contribution in [1.82, 2.24) is 14.8 Å². The summed E-state index contributed by atoms with van der Waals surface area (Å²) in [6.45, 7) is 0. The quantitative estimate of drug-likeness (QED) is 0.740. The van der Waals surface area contributed by atoms with Crippen LogP contribution in [0.15, 0.2) is 58.6 Å². The molecule has 0 amide bonds. The van der Waals surface area contributed by atoms with E-state index in [0.717, 1.165) is 11.4 Å². The molecule has 0 saturated carbocycles. The topological polar surface area (TPSA) is 78.3 Å². The highest BCUT2D eigenvalue weighted by Crippen LogP contribution is 2.33. The number of aromatic nitrogens is 3. The molecule has 1 aromatic heterocycles. The molecule has 0 N–H and O–H groups in total. The molecular weight excluding hydrogens is 306 g/mol. The lowest BCUT2D eigenvalue weighted by molar-refractivity contribution is 0.794. The molecule has 3 aromatic rings. The first-order chi connectivity index (χ1) is 11.2. The summed E-state index contributed by atoms with van der Waals surface area (Å²) in [7, 11) is 1.87. The monoisotopic (exact) mass is 317 g/mol. The van der Waals surface area contributed by atoms with E-state index in [2.05, 4.69) is 22.3 Å². The van der Waals surface area contributed by atoms with Gasteiger partial charge in [-0.1, -0.05) is 36.4 Å². The molecule has 3 rings (SSSR count). The third-order valence-electron chi connectivity index (χ3n) is 3.32. The summed E-state index contributed by atoms with van der Waals surface area (Å²) in [6.07, 6.45) is 0. The highest BCUT2D eigenvalue weighted by Gasteiger charge is 2.16. The zero-order valence-corrected chi connectivity index (χ0v) is 13.1. The lowest BCUT2D eigenvalue weighted by Crippen LogP contribution is -1.96. The van der Waals surface area contributed by atoms with Gasteiger partial charge in [0.1, 0.15) is 12.1 Å². The van der Waals surface area contributed by atoms with Crippen LogP contribution in [-0.4, -0.2) is 14.8 Å². The van der Waals surface area contributed by atoms with Crippen LogP contribution >= 0.6 is 11.8 Å². The predicted molar refractivity (Wildman–Crippen MR) is 86.4 cm³/mol. The van der Waals surface area contributed by atoms with Gasteiger partial charge < -0.3 is 4.57 Å². The molecule has 5 nitrogen and oxygen atoms in total. The summed E-state index contributed by atoms with van der Waals surface area (Å²) in [4.78, 5) is 0.604. The Hall–Kier alpha value is -3.09. The normalized spacial score (nSPS) is 10.0. The minimum atomic E-state index is 0.457.